The predicted octanol–water partition coefficient (Wildman–Crippen LogP) is -0.808. The number of carbonyl (C=O) groups excluding carboxylic acids is 1. The molecule has 1 aliphatic heterocycles. The minimum atomic E-state index is -1.09. The Morgan fingerprint density at radius 2 is 2.30 bits per heavy atom. The van der Waals surface area contributed by atoms with E-state index < -0.39 is 24.1 Å². The van der Waals surface area contributed by atoms with Crippen LogP contribution in [0.5, 0.6) is 0 Å². The highest BCUT2D eigenvalue weighted by molar-refractivity contribution is 5.83. The Morgan fingerprint density at radius 1 is 1.55 bits per heavy atom. The van der Waals surface area contributed by atoms with E-state index in [2.05, 4.69) is 10.4 Å². The van der Waals surface area contributed by atoms with Crippen molar-refractivity contribution in [3.05, 3.63) is 18.0 Å². The van der Waals surface area contributed by atoms with Gasteiger partial charge in [0.2, 0.25) is 0 Å². The summed E-state index contributed by atoms with van der Waals surface area (Å²) in [6.07, 6.45) is 1.58. The van der Waals surface area contributed by atoms with Crippen molar-refractivity contribution in [1.29, 1.82) is 0 Å². The number of aryl methyl sites for hydroxylation is 1. The molecule has 1 aromatic heterocycles. The molecule has 0 aromatic carbocycles. The fraction of sp³-hybridized carbons (Fsp3) is 0.583. The Bertz CT molecular complexity index is 501. The smallest absolute Gasteiger partial charge is 0.326 e. The molecule has 1 fully saturated rings. The summed E-state index contributed by atoms with van der Waals surface area (Å²) < 4.78 is 1.71. The van der Waals surface area contributed by atoms with E-state index in [1.807, 2.05) is 13.1 Å². The molecule has 0 bridgehead atoms. The molecule has 2 rings (SSSR count). The van der Waals surface area contributed by atoms with Gasteiger partial charge in [0.05, 0.1) is 6.10 Å². The lowest BCUT2D eigenvalue weighted by Gasteiger charge is -2.21. The van der Waals surface area contributed by atoms with E-state index in [0.717, 1.165) is 10.6 Å². The number of hydrogen-bond donors (Lipinski definition) is 3. The second kappa shape index (κ2) is 5.91. The molecule has 3 N–H and O–H groups in total. The number of aliphatic hydroxyl groups excluding tert-OH is 1. The van der Waals surface area contributed by atoms with Gasteiger partial charge in [0, 0.05) is 44.9 Å². The molecule has 2 atom stereocenters. The Hall–Kier alpha value is -2.09. The molecular formula is C12H18N4O4. The highest BCUT2D eigenvalue weighted by Gasteiger charge is 2.38. The van der Waals surface area contributed by atoms with Crippen LogP contribution in [0.4, 0.5) is 4.79 Å². The lowest BCUT2D eigenvalue weighted by molar-refractivity contribution is -0.141. The van der Waals surface area contributed by atoms with Crippen molar-refractivity contribution in [2.24, 2.45) is 7.05 Å². The monoisotopic (exact) mass is 282 g/mol. The summed E-state index contributed by atoms with van der Waals surface area (Å²) in [7, 11) is 1.81. The topological polar surface area (TPSA) is 108 Å². The number of amides is 2. The molecule has 0 spiro atoms. The first-order valence-corrected chi connectivity index (χ1v) is 6.41. The van der Waals surface area contributed by atoms with Crippen LogP contribution >= 0.6 is 0 Å². The number of carbonyl (C=O) groups is 2. The van der Waals surface area contributed by atoms with Crippen molar-refractivity contribution in [3.8, 4) is 0 Å². The van der Waals surface area contributed by atoms with Crippen molar-refractivity contribution in [1.82, 2.24) is 20.0 Å². The quantitative estimate of drug-likeness (QED) is 0.669. The van der Waals surface area contributed by atoms with Gasteiger partial charge in [-0.15, -0.1) is 0 Å². The lowest BCUT2D eigenvalue weighted by Crippen LogP contribution is -2.46. The van der Waals surface area contributed by atoms with Crippen LogP contribution in [0.25, 0.3) is 0 Å². The van der Waals surface area contributed by atoms with Gasteiger partial charge in [0.15, 0.2) is 0 Å². The predicted molar refractivity (Wildman–Crippen MR) is 69.1 cm³/mol. The number of β-amino-alcohol motifs (C(OH)–C–C–N with tert-alkyl or cyclic N) is 1. The zero-order valence-corrected chi connectivity index (χ0v) is 11.2. The maximum Gasteiger partial charge on any atom is 0.326 e. The second-order valence-electron chi connectivity index (χ2n) is 4.82. The number of aliphatic hydroxyl groups is 1. The minimum absolute atomic E-state index is 0.0501. The Morgan fingerprint density at radius 3 is 2.90 bits per heavy atom. The van der Waals surface area contributed by atoms with Gasteiger partial charge in [-0.1, -0.05) is 0 Å². The Balaban J connectivity index is 1.85. The van der Waals surface area contributed by atoms with Crippen molar-refractivity contribution in [3.63, 3.8) is 0 Å². The number of aromatic nitrogens is 2. The summed E-state index contributed by atoms with van der Waals surface area (Å²) in [5, 5.41) is 25.2. The molecule has 2 unspecified atom stereocenters. The van der Waals surface area contributed by atoms with Gasteiger partial charge in [-0.2, -0.15) is 5.10 Å². The number of urea groups is 1. The molecule has 2 heterocycles. The molecule has 110 valence electrons. The standard InChI is InChI=1S/C12H18N4O4/c1-15-8(3-5-14-15)2-4-13-12(20)16-7-9(17)6-10(16)11(18)19/h3,5,9-10,17H,2,4,6-7H2,1H3,(H,13,20)(H,18,19). The number of likely N-dealkylation sites (tertiary alicyclic amines) is 1. The highest BCUT2D eigenvalue weighted by Crippen LogP contribution is 2.18. The lowest BCUT2D eigenvalue weighted by atomic mass is 10.2. The molecule has 0 aliphatic carbocycles. The van der Waals surface area contributed by atoms with Crippen molar-refractivity contribution in [2.75, 3.05) is 13.1 Å². The van der Waals surface area contributed by atoms with Crippen molar-refractivity contribution >= 4 is 12.0 Å². The third-order valence-electron chi connectivity index (χ3n) is 3.40. The molecule has 20 heavy (non-hydrogen) atoms. The third-order valence-corrected chi connectivity index (χ3v) is 3.40. The molecule has 1 aromatic rings. The molecular weight excluding hydrogens is 264 g/mol. The number of nitrogens with one attached hydrogen (secondary N) is 1. The average Bonchev–Trinajstić information content (AvgIpc) is 2.96. The van der Waals surface area contributed by atoms with E-state index in [4.69, 9.17) is 5.11 Å². The first-order valence-electron chi connectivity index (χ1n) is 6.41. The van der Waals surface area contributed by atoms with E-state index in [0.29, 0.717) is 13.0 Å². The maximum absolute atomic E-state index is 11.9. The summed E-state index contributed by atoms with van der Waals surface area (Å²) in [4.78, 5) is 24.1. The van der Waals surface area contributed by atoms with E-state index in [1.165, 1.54) is 0 Å². The van der Waals surface area contributed by atoms with Crippen LogP contribution < -0.4 is 5.32 Å². The molecule has 1 aliphatic rings. The zero-order chi connectivity index (χ0) is 14.7. The average molecular weight is 282 g/mol. The van der Waals surface area contributed by atoms with Gasteiger partial charge < -0.3 is 20.4 Å². The number of nitrogens with zero attached hydrogens (tertiary/aromatic N) is 3. The normalized spacial score (nSPS) is 22.0. The molecule has 2 amide bonds. The van der Waals surface area contributed by atoms with Gasteiger partial charge >= 0.3 is 12.0 Å². The summed E-state index contributed by atoms with van der Waals surface area (Å²) >= 11 is 0. The fourth-order valence-corrected chi connectivity index (χ4v) is 2.32. The van der Waals surface area contributed by atoms with Crippen LogP contribution in [-0.2, 0) is 18.3 Å². The molecule has 8 nitrogen and oxygen atoms in total. The number of aliphatic carboxylic acids is 1. The zero-order valence-electron chi connectivity index (χ0n) is 11.2. The van der Waals surface area contributed by atoms with Crippen molar-refractivity contribution in [2.45, 2.75) is 25.0 Å². The second-order valence-corrected chi connectivity index (χ2v) is 4.82. The minimum Gasteiger partial charge on any atom is -0.480 e. The van der Waals surface area contributed by atoms with Crippen LogP contribution in [0.1, 0.15) is 12.1 Å². The van der Waals surface area contributed by atoms with Gasteiger partial charge in [-0.3, -0.25) is 4.68 Å². The molecule has 8 heteroatoms. The van der Waals surface area contributed by atoms with Crippen LogP contribution in [0.15, 0.2) is 12.3 Å². The van der Waals surface area contributed by atoms with Gasteiger partial charge in [-0.25, -0.2) is 9.59 Å². The number of carboxylic acids is 1. The van der Waals surface area contributed by atoms with Crippen LogP contribution in [-0.4, -0.2) is 62.1 Å². The SMILES string of the molecule is Cn1nccc1CCNC(=O)N1CC(O)CC1C(=O)O. The fourth-order valence-electron chi connectivity index (χ4n) is 2.32. The van der Waals surface area contributed by atoms with E-state index >= 15 is 0 Å². The van der Waals surface area contributed by atoms with E-state index in [-0.39, 0.29) is 13.0 Å². The first kappa shape index (κ1) is 14.3. The Labute approximate surface area is 116 Å². The third kappa shape index (κ3) is 3.08. The van der Waals surface area contributed by atoms with E-state index in [9.17, 15) is 14.7 Å². The van der Waals surface area contributed by atoms with Crippen LogP contribution in [0.2, 0.25) is 0 Å². The summed E-state index contributed by atoms with van der Waals surface area (Å²) in [6.45, 7) is 0.436. The maximum atomic E-state index is 11.9. The Kier molecular flexibility index (Phi) is 4.23. The number of hydrogen-bond acceptors (Lipinski definition) is 4. The summed E-state index contributed by atoms with van der Waals surface area (Å²) in [6, 6.07) is 0.434. The van der Waals surface area contributed by atoms with Gasteiger partial charge in [0.1, 0.15) is 6.04 Å². The number of carboxylic acid groups (broad SMARTS) is 1. The number of rotatable bonds is 4. The van der Waals surface area contributed by atoms with Crippen LogP contribution in [0.3, 0.4) is 0 Å². The van der Waals surface area contributed by atoms with Crippen molar-refractivity contribution < 1.29 is 19.8 Å². The summed E-state index contributed by atoms with van der Waals surface area (Å²) in [5.41, 5.74) is 0.974. The first-order chi connectivity index (χ1) is 9.49. The van der Waals surface area contributed by atoms with E-state index in [1.54, 1.807) is 10.9 Å². The molecule has 0 saturated carbocycles. The van der Waals surface area contributed by atoms with Gasteiger partial charge in [0.25, 0.3) is 0 Å². The summed E-state index contributed by atoms with van der Waals surface area (Å²) in [5.74, 6) is -1.09. The molecule has 1 saturated heterocycles. The van der Waals surface area contributed by atoms with Crippen LogP contribution in [0, 0.1) is 0 Å². The largest absolute Gasteiger partial charge is 0.480 e. The highest BCUT2D eigenvalue weighted by atomic mass is 16.4. The molecule has 0 radical (unpaired) electrons. The van der Waals surface area contributed by atoms with Gasteiger partial charge in [-0.05, 0) is 6.07 Å².